The van der Waals surface area contributed by atoms with Crippen LogP contribution in [-0.2, 0) is 9.47 Å². The largest absolute Gasteiger partial charge is 0.382 e. The summed E-state index contributed by atoms with van der Waals surface area (Å²) in [5.41, 5.74) is 2.21. The van der Waals surface area contributed by atoms with Gasteiger partial charge in [-0.05, 0) is 12.0 Å². The number of ether oxygens (including phenoxy) is 2. The van der Waals surface area contributed by atoms with Crippen LogP contribution in [0.2, 0.25) is 0 Å². The Morgan fingerprint density at radius 2 is 2.10 bits per heavy atom. The van der Waals surface area contributed by atoms with Crippen LogP contribution < -0.4 is 5.32 Å². The number of imidazole rings is 1. The Bertz CT molecular complexity index is 556. The molecule has 1 aromatic carbocycles. The van der Waals surface area contributed by atoms with Gasteiger partial charge in [0.1, 0.15) is 5.82 Å². The summed E-state index contributed by atoms with van der Waals surface area (Å²) in [6.45, 7) is 2.14. The summed E-state index contributed by atoms with van der Waals surface area (Å²) in [6.07, 6.45) is 3.06. The van der Waals surface area contributed by atoms with Crippen LogP contribution >= 0.6 is 0 Å². The minimum absolute atomic E-state index is 0.231. The fourth-order valence-corrected chi connectivity index (χ4v) is 2.61. The molecule has 2 N–H and O–H groups in total. The van der Waals surface area contributed by atoms with Crippen LogP contribution in [0.1, 0.15) is 18.3 Å². The average molecular weight is 287 g/mol. The van der Waals surface area contributed by atoms with E-state index in [1.165, 1.54) is 0 Å². The van der Waals surface area contributed by atoms with Gasteiger partial charge in [-0.3, -0.25) is 0 Å². The third kappa shape index (κ3) is 3.50. The van der Waals surface area contributed by atoms with Gasteiger partial charge in [0, 0.05) is 13.7 Å². The van der Waals surface area contributed by atoms with Gasteiger partial charge in [-0.15, -0.1) is 0 Å². The lowest BCUT2D eigenvalue weighted by atomic mass is 10.2. The highest BCUT2D eigenvalue weighted by Crippen LogP contribution is 2.25. The molecule has 2 aromatic rings. The molecule has 3 rings (SSSR count). The molecule has 0 aliphatic carbocycles. The molecule has 1 aliphatic rings. The van der Waals surface area contributed by atoms with Crippen molar-refractivity contribution in [2.75, 3.05) is 26.9 Å². The molecule has 1 saturated heterocycles. The van der Waals surface area contributed by atoms with Crippen LogP contribution in [0.5, 0.6) is 0 Å². The average Bonchev–Trinajstić information content (AvgIpc) is 3.17. The molecule has 0 saturated carbocycles. The molecule has 1 aromatic heterocycles. The minimum Gasteiger partial charge on any atom is -0.382 e. The summed E-state index contributed by atoms with van der Waals surface area (Å²) in [5, 5.41) is 3.46. The van der Waals surface area contributed by atoms with Crippen LogP contribution in [0.4, 0.5) is 0 Å². The van der Waals surface area contributed by atoms with Gasteiger partial charge < -0.3 is 19.8 Å². The van der Waals surface area contributed by atoms with Gasteiger partial charge in [-0.1, -0.05) is 30.3 Å². The number of nitrogens with one attached hydrogen (secondary N) is 2. The van der Waals surface area contributed by atoms with Crippen molar-refractivity contribution in [3.05, 3.63) is 42.4 Å². The second kappa shape index (κ2) is 6.85. The maximum Gasteiger partial charge on any atom is 0.123 e. The minimum atomic E-state index is 0.231. The quantitative estimate of drug-likeness (QED) is 0.799. The van der Waals surface area contributed by atoms with Crippen molar-refractivity contribution in [2.24, 2.45) is 0 Å². The third-order valence-electron chi connectivity index (χ3n) is 3.74. The third-order valence-corrected chi connectivity index (χ3v) is 3.74. The second-order valence-corrected chi connectivity index (χ2v) is 5.23. The van der Waals surface area contributed by atoms with Gasteiger partial charge in [0.05, 0.1) is 37.3 Å². The maximum atomic E-state index is 5.76. The number of benzene rings is 1. The first-order valence-electron chi connectivity index (χ1n) is 7.31. The zero-order chi connectivity index (χ0) is 14.5. The van der Waals surface area contributed by atoms with Gasteiger partial charge in [-0.2, -0.15) is 0 Å². The molecule has 5 nitrogen and oxygen atoms in total. The number of aromatic nitrogens is 2. The highest BCUT2D eigenvalue weighted by Gasteiger charge is 2.27. The first kappa shape index (κ1) is 14.3. The topological polar surface area (TPSA) is 59.2 Å². The van der Waals surface area contributed by atoms with E-state index in [0.29, 0.717) is 13.2 Å². The normalized spacial score (nSPS) is 21.8. The lowest BCUT2D eigenvalue weighted by Crippen LogP contribution is -2.19. The lowest BCUT2D eigenvalue weighted by molar-refractivity contribution is 0.0260. The fourth-order valence-electron chi connectivity index (χ4n) is 2.61. The standard InChI is InChI=1S/C16H21N3O2/c1-20-7-8-21-13-9-14(17-10-13)16-18-11-15(19-16)12-5-3-2-4-6-12/h2-6,11,13-14,17H,7-10H2,1H3,(H,18,19)/t13-,14+/m1/s1. The van der Waals surface area contributed by atoms with E-state index < -0.39 is 0 Å². The van der Waals surface area contributed by atoms with Crippen molar-refractivity contribution < 1.29 is 9.47 Å². The SMILES string of the molecule is COCCO[C@H]1CN[C@H](c2ncc(-c3ccccc3)[nH]2)C1. The highest BCUT2D eigenvalue weighted by molar-refractivity contribution is 5.58. The number of nitrogens with zero attached hydrogens (tertiary/aromatic N) is 1. The summed E-state index contributed by atoms with van der Waals surface area (Å²) in [5.74, 6) is 0.978. The van der Waals surface area contributed by atoms with E-state index in [2.05, 4.69) is 27.4 Å². The smallest absolute Gasteiger partial charge is 0.123 e. The Morgan fingerprint density at radius 3 is 2.90 bits per heavy atom. The lowest BCUT2D eigenvalue weighted by Gasteiger charge is -2.10. The van der Waals surface area contributed by atoms with E-state index in [1.54, 1.807) is 7.11 Å². The van der Waals surface area contributed by atoms with E-state index in [0.717, 1.165) is 30.0 Å². The highest BCUT2D eigenvalue weighted by atomic mass is 16.5. The zero-order valence-electron chi connectivity index (χ0n) is 12.2. The van der Waals surface area contributed by atoms with E-state index in [-0.39, 0.29) is 12.1 Å². The monoisotopic (exact) mass is 287 g/mol. The molecule has 1 fully saturated rings. The van der Waals surface area contributed by atoms with Crippen molar-refractivity contribution in [1.82, 2.24) is 15.3 Å². The summed E-state index contributed by atoms with van der Waals surface area (Å²) < 4.78 is 10.8. The molecule has 112 valence electrons. The van der Waals surface area contributed by atoms with Crippen molar-refractivity contribution in [3.63, 3.8) is 0 Å². The summed E-state index contributed by atoms with van der Waals surface area (Å²) in [6, 6.07) is 10.5. The number of H-pyrrole nitrogens is 1. The molecule has 0 radical (unpaired) electrons. The molecule has 2 heterocycles. The zero-order valence-corrected chi connectivity index (χ0v) is 12.2. The number of rotatable bonds is 6. The van der Waals surface area contributed by atoms with Gasteiger partial charge in [0.2, 0.25) is 0 Å². The van der Waals surface area contributed by atoms with Crippen molar-refractivity contribution in [2.45, 2.75) is 18.6 Å². The van der Waals surface area contributed by atoms with Crippen LogP contribution in [0.3, 0.4) is 0 Å². The summed E-state index contributed by atoms with van der Waals surface area (Å²) in [4.78, 5) is 7.91. The molecule has 0 spiro atoms. The molecule has 0 bridgehead atoms. The van der Waals surface area contributed by atoms with Crippen molar-refractivity contribution >= 4 is 0 Å². The molecule has 0 unspecified atom stereocenters. The molecular weight excluding hydrogens is 266 g/mol. The van der Waals surface area contributed by atoms with Crippen LogP contribution in [0, 0.1) is 0 Å². The van der Waals surface area contributed by atoms with Crippen LogP contribution in [0.15, 0.2) is 36.5 Å². The van der Waals surface area contributed by atoms with E-state index >= 15 is 0 Å². The predicted molar refractivity (Wildman–Crippen MR) is 81.0 cm³/mol. The Morgan fingerprint density at radius 1 is 1.24 bits per heavy atom. The maximum absolute atomic E-state index is 5.76. The molecular formula is C16H21N3O2. The summed E-state index contributed by atoms with van der Waals surface area (Å²) >= 11 is 0. The van der Waals surface area contributed by atoms with Gasteiger partial charge in [0.15, 0.2) is 0 Å². The molecule has 0 amide bonds. The Hall–Kier alpha value is -1.69. The number of methoxy groups -OCH3 is 1. The van der Waals surface area contributed by atoms with Crippen molar-refractivity contribution in [1.29, 1.82) is 0 Å². The van der Waals surface area contributed by atoms with Gasteiger partial charge in [-0.25, -0.2) is 4.98 Å². The molecule has 1 aliphatic heterocycles. The van der Waals surface area contributed by atoms with E-state index in [9.17, 15) is 0 Å². The molecule has 2 atom stereocenters. The Balaban J connectivity index is 1.60. The van der Waals surface area contributed by atoms with Crippen molar-refractivity contribution in [3.8, 4) is 11.3 Å². The first-order valence-corrected chi connectivity index (χ1v) is 7.31. The Labute approximate surface area is 124 Å². The number of aromatic amines is 1. The predicted octanol–water partition coefficient (Wildman–Crippen LogP) is 2.14. The van der Waals surface area contributed by atoms with E-state index in [1.807, 2.05) is 24.4 Å². The van der Waals surface area contributed by atoms with Gasteiger partial charge >= 0.3 is 0 Å². The second-order valence-electron chi connectivity index (χ2n) is 5.23. The fraction of sp³-hybridized carbons (Fsp3) is 0.438. The summed E-state index contributed by atoms with van der Waals surface area (Å²) in [7, 11) is 1.69. The molecule has 5 heteroatoms. The van der Waals surface area contributed by atoms with Crippen LogP contribution in [-0.4, -0.2) is 42.9 Å². The number of hydrogen-bond acceptors (Lipinski definition) is 4. The molecule has 21 heavy (non-hydrogen) atoms. The first-order chi connectivity index (χ1) is 10.4. The Kier molecular flexibility index (Phi) is 4.65. The number of hydrogen-bond donors (Lipinski definition) is 2. The van der Waals surface area contributed by atoms with E-state index in [4.69, 9.17) is 9.47 Å². The van der Waals surface area contributed by atoms with Gasteiger partial charge in [0.25, 0.3) is 0 Å². The van der Waals surface area contributed by atoms with Crippen LogP contribution in [0.25, 0.3) is 11.3 Å².